The molecular formula is C14H22Cl2HfSi-2. The van der Waals surface area contributed by atoms with Crippen molar-refractivity contribution in [1.29, 1.82) is 0 Å². The third kappa shape index (κ3) is 13.1. The fourth-order valence-corrected chi connectivity index (χ4v) is 2.87. The van der Waals surface area contributed by atoms with Gasteiger partial charge in [-0.05, 0) is 0 Å². The maximum absolute atomic E-state index is 3.35. The third-order valence-electron chi connectivity index (χ3n) is 2.07. The SMILES string of the molecule is C[Si](C)(C)CC1=[C-]CC=C1.Cl.Cl.[C-]1=CC=CC1.[Hf]. The molecular weight excluding hydrogens is 446 g/mol. The van der Waals surface area contributed by atoms with E-state index in [1.807, 2.05) is 12.2 Å². The predicted molar refractivity (Wildman–Crippen MR) is 84.7 cm³/mol. The molecule has 2 aliphatic carbocycles. The zero-order valence-electron chi connectivity index (χ0n) is 11.3. The quantitative estimate of drug-likeness (QED) is 0.389. The van der Waals surface area contributed by atoms with Gasteiger partial charge in [0.1, 0.15) is 0 Å². The largest absolute Gasteiger partial charge is 0.273 e. The second-order valence-electron chi connectivity index (χ2n) is 5.05. The maximum atomic E-state index is 3.35. The van der Waals surface area contributed by atoms with Gasteiger partial charge in [0.25, 0.3) is 0 Å². The molecule has 0 fully saturated rings. The molecule has 0 radical (unpaired) electrons. The molecule has 0 nitrogen and oxygen atoms in total. The Morgan fingerprint density at radius 3 is 2.06 bits per heavy atom. The van der Waals surface area contributed by atoms with E-state index in [-0.39, 0.29) is 50.7 Å². The maximum Gasteiger partial charge on any atom is 0.0456 e. The van der Waals surface area contributed by atoms with E-state index < -0.39 is 8.07 Å². The van der Waals surface area contributed by atoms with Crippen LogP contribution in [0.1, 0.15) is 12.8 Å². The van der Waals surface area contributed by atoms with Crippen molar-refractivity contribution in [3.8, 4) is 0 Å². The summed E-state index contributed by atoms with van der Waals surface area (Å²) in [5, 5.41) is 0. The average Bonchev–Trinajstić information content (AvgIpc) is 2.71. The monoisotopic (exact) mass is 468 g/mol. The van der Waals surface area contributed by atoms with E-state index in [1.165, 1.54) is 11.6 Å². The summed E-state index contributed by atoms with van der Waals surface area (Å²) in [5.74, 6) is 0. The summed E-state index contributed by atoms with van der Waals surface area (Å²) < 4.78 is 0. The number of hydrogen-bond acceptors (Lipinski definition) is 0. The zero-order chi connectivity index (χ0) is 11.1. The molecule has 0 aromatic heterocycles. The van der Waals surface area contributed by atoms with Crippen molar-refractivity contribution in [3.63, 3.8) is 0 Å². The zero-order valence-corrected chi connectivity index (χ0v) is 17.6. The van der Waals surface area contributed by atoms with E-state index >= 15 is 0 Å². The van der Waals surface area contributed by atoms with Crippen molar-refractivity contribution in [2.75, 3.05) is 0 Å². The van der Waals surface area contributed by atoms with E-state index in [9.17, 15) is 0 Å². The second kappa shape index (κ2) is 12.7. The Bertz CT molecular complexity index is 302. The van der Waals surface area contributed by atoms with Crippen LogP contribution in [-0.4, -0.2) is 8.07 Å². The Hall–Kier alpha value is 0.627. The molecule has 0 amide bonds. The van der Waals surface area contributed by atoms with Crippen molar-refractivity contribution in [2.45, 2.75) is 38.5 Å². The van der Waals surface area contributed by atoms with Crippen molar-refractivity contribution >= 4 is 32.9 Å². The van der Waals surface area contributed by atoms with E-state index in [2.05, 4.69) is 50.0 Å². The van der Waals surface area contributed by atoms with Gasteiger partial charge in [0, 0.05) is 33.9 Å². The van der Waals surface area contributed by atoms with Crippen molar-refractivity contribution in [3.05, 3.63) is 48.1 Å². The summed E-state index contributed by atoms with van der Waals surface area (Å²) in [6.07, 6.45) is 18.8. The van der Waals surface area contributed by atoms with E-state index in [0.717, 1.165) is 12.8 Å². The smallest absolute Gasteiger partial charge is 0.0456 e. The fraction of sp³-hybridized carbons (Fsp3) is 0.429. The Labute approximate surface area is 144 Å². The van der Waals surface area contributed by atoms with Gasteiger partial charge in [-0.25, -0.2) is 23.8 Å². The Morgan fingerprint density at radius 1 is 1.11 bits per heavy atom. The van der Waals surface area contributed by atoms with Crippen LogP contribution in [0.15, 0.2) is 36.0 Å². The van der Waals surface area contributed by atoms with Gasteiger partial charge in [-0.15, -0.1) is 37.7 Å². The van der Waals surface area contributed by atoms with Crippen LogP contribution in [0.5, 0.6) is 0 Å². The molecule has 0 saturated heterocycles. The second-order valence-corrected chi connectivity index (χ2v) is 10.5. The Morgan fingerprint density at radius 2 is 1.78 bits per heavy atom. The molecule has 0 aliphatic heterocycles. The summed E-state index contributed by atoms with van der Waals surface area (Å²) in [7, 11) is -0.873. The minimum absolute atomic E-state index is 0. The Kier molecular flexibility index (Phi) is 16.7. The predicted octanol–water partition coefficient (Wildman–Crippen LogP) is 5.16. The first-order valence-corrected chi connectivity index (χ1v) is 9.27. The first-order valence-electron chi connectivity index (χ1n) is 5.56. The topological polar surface area (TPSA) is 0 Å². The van der Waals surface area contributed by atoms with Crippen LogP contribution in [0, 0.1) is 12.2 Å². The summed E-state index contributed by atoms with van der Waals surface area (Å²) in [5.41, 5.74) is 1.44. The molecule has 2 rings (SSSR count). The number of rotatable bonds is 2. The van der Waals surface area contributed by atoms with Crippen molar-refractivity contribution in [1.82, 2.24) is 0 Å². The minimum atomic E-state index is -0.873. The van der Waals surface area contributed by atoms with Gasteiger partial charge in [-0.1, -0.05) is 25.7 Å². The first kappa shape index (κ1) is 23.7. The summed E-state index contributed by atoms with van der Waals surface area (Å²) in [6.45, 7) is 7.19. The third-order valence-corrected chi connectivity index (χ3v) is 3.51. The molecule has 0 aromatic rings. The van der Waals surface area contributed by atoms with Crippen molar-refractivity contribution < 1.29 is 25.8 Å². The molecule has 4 heteroatoms. The minimum Gasteiger partial charge on any atom is -0.273 e. The van der Waals surface area contributed by atoms with Gasteiger partial charge >= 0.3 is 0 Å². The summed E-state index contributed by atoms with van der Waals surface area (Å²) >= 11 is 0. The van der Waals surface area contributed by atoms with Gasteiger partial charge in [0.05, 0.1) is 0 Å². The van der Waals surface area contributed by atoms with Crippen LogP contribution in [-0.2, 0) is 25.8 Å². The molecule has 0 bridgehead atoms. The summed E-state index contributed by atoms with van der Waals surface area (Å²) in [4.78, 5) is 0. The van der Waals surface area contributed by atoms with E-state index in [0.29, 0.717) is 0 Å². The van der Waals surface area contributed by atoms with Crippen LogP contribution < -0.4 is 0 Å². The molecule has 0 saturated carbocycles. The molecule has 0 N–H and O–H groups in total. The van der Waals surface area contributed by atoms with Gasteiger partial charge in [-0.2, -0.15) is 12.2 Å². The van der Waals surface area contributed by atoms with Gasteiger partial charge in [0.2, 0.25) is 0 Å². The Balaban J connectivity index is -0.000000245. The van der Waals surface area contributed by atoms with Gasteiger partial charge in [0.15, 0.2) is 0 Å². The molecule has 18 heavy (non-hydrogen) atoms. The van der Waals surface area contributed by atoms with Crippen LogP contribution in [0.2, 0.25) is 25.7 Å². The molecule has 102 valence electrons. The van der Waals surface area contributed by atoms with E-state index in [4.69, 9.17) is 0 Å². The van der Waals surface area contributed by atoms with Crippen molar-refractivity contribution in [2.24, 2.45) is 0 Å². The van der Waals surface area contributed by atoms with E-state index in [1.54, 1.807) is 0 Å². The standard InChI is InChI=1S/C9H15Si.C5H5.2ClH.Hf/c1-10(2,3)8-9-6-4-5-7-9;1-2-4-5-3-1;;;/h4,6H,5,8H2,1-3H3;1-3H,4H2;2*1H;/q2*-1;;;. The van der Waals surface area contributed by atoms with Crippen LogP contribution in [0.25, 0.3) is 0 Å². The molecule has 0 heterocycles. The molecule has 0 spiro atoms. The number of hydrogen-bond donors (Lipinski definition) is 0. The molecule has 0 unspecified atom stereocenters. The summed E-state index contributed by atoms with van der Waals surface area (Å²) in [6, 6.07) is 1.30. The normalized spacial score (nSPS) is 14.7. The average molecular weight is 468 g/mol. The molecule has 0 atom stereocenters. The van der Waals surface area contributed by atoms with Crippen LogP contribution >= 0.6 is 24.8 Å². The number of halogens is 2. The van der Waals surface area contributed by atoms with Gasteiger partial charge < -0.3 is 0 Å². The first-order chi connectivity index (χ1) is 7.08. The fourth-order valence-electron chi connectivity index (χ4n) is 1.48. The molecule has 2 aliphatic rings. The number of allylic oxidation sites excluding steroid dienone is 8. The van der Waals surface area contributed by atoms with Crippen LogP contribution in [0.3, 0.4) is 0 Å². The van der Waals surface area contributed by atoms with Crippen LogP contribution in [0.4, 0.5) is 0 Å². The molecule has 0 aromatic carbocycles. The van der Waals surface area contributed by atoms with Gasteiger partial charge in [-0.3, -0.25) is 12.2 Å².